The molecule has 2 aromatic rings. The van der Waals surface area contributed by atoms with E-state index in [2.05, 4.69) is 65.2 Å². The second-order valence-corrected chi connectivity index (χ2v) is 8.85. The molecule has 3 heteroatoms. The van der Waals surface area contributed by atoms with Crippen molar-refractivity contribution in [3.8, 4) is 0 Å². The third-order valence-electron chi connectivity index (χ3n) is 4.20. The van der Waals surface area contributed by atoms with Crippen LogP contribution in [0.5, 0.6) is 0 Å². The Kier molecular flexibility index (Phi) is 5.22. The summed E-state index contributed by atoms with van der Waals surface area (Å²) in [6, 6.07) is 11.9. The van der Waals surface area contributed by atoms with E-state index in [9.17, 15) is 0 Å². The summed E-state index contributed by atoms with van der Waals surface area (Å²) in [5.41, 5.74) is 4.25. The van der Waals surface area contributed by atoms with Crippen molar-refractivity contribution in [3.05, 3.63) is 49.2 Å². The van der Waals surface area contributed by atoms with E-state index in [1.54, 1.807) is 4.88 Å². The number of anilines is 1. The van der Waals surface area contributed by atoms with E-state index in [4.69, 9.17) is 0 Å². The molecular formula is C18H22INS. The number of thiophene rings is 1. The smallest absolute Gasteiger partial charge is 0.0660 e. The highest BCUT2D eigenvalue weighted by molar-refractivity contribution is 14.1. The van der Waals surface area contributed by atoms with Crippen molar-refractivity contribution < 1.29 is 0 Å². The van der Waals surface area contributed by atoms with E-state index in [-0.39, 0.29) is 0 Å². The molecule has 0 fully saturated rings. The van der Waals surface area contributed by atoms with Crippen LogP contribution in [0, 0.1) is 2.88 Å². The minimum atomic E-state index is 0.495. The summed E-state index contributed by atoms with van der Waals surface area (Å²) >= 11 is 4.41. The van der Waals surface area contributed by atoms with Crippen LogP contribution in [0.15, 0.2) is 30.3 Å². The van der Waals surface area contributed by atoms with Crippen molar-refractivity contribution in [2.45, 2.75) is 51.5 Å². The van der Waals surface area contributed by atoms with Gasteiger partial charge in [0.2, 0.25) is 0 Å². The first-order valence-corrected chi connectivity index (χ1v) is 9.79. The fourth-order valence-electron chi connectivity index (χ4n) is 3.02. The Balaban J connectivity index is 1.69. The van der Waals surface area contributed by atoms with Gasteiger partial charge in [-0.15, -0.1) is 11.3 Å². The van der Waals surface area contributed by atoms with E-state index in [1.165, 1.54) is 58.2 Å². The maximum Gasteiger partial charge on any atom is 0.0660 e. The Morgan fingerprint density at radius 2 is 2.10 bits per heavy atom. The quantitative estimate of drug-likeness (QED) is 0.579. The summed E-state index contributed by atoms with van der Waals surface area (Å²) in [7, 11) is 0. The van der Waals surface area contributed by atoms with E-state index in [1.807, 2.05) is 11.3 Å². The first-order chi connectivity index (χ1) is 10.3. The van der Waals surface area contributed by atoms with Gasteiger partial charge in [0.25, 0.3) is 0 Å². The summed E-state index contributed by atoms with van der Waals surface area (Å²) in [4.78, 5) is 1.59. The summed E-state index contributed by atoms with van der Waals surface area (Å²) in [5.74, 6) is 0. The maximum absolute atomic E-state index is 3.74. The van der Waals surface area contributed by atoms with Crippen LogP contribution in [-0.2, 0) is 12.8 Å². The number of rotatable bonds is 5. The molecule has 0 saturated heterocycles. The SMILES string of the molecule is CCCCc1ccc(NC2CCCc3sc(I)cc32)cc1. The summed E-state index contributed by atoms with van der Waals surface area (Å²) in [6.45, 7) is 2.25. The molecule has 1 N–H and O–H groups in total. The number of hydrogen-bond donors (Lipinski definition) is 1. The van der Waals surface area contributed by atoms with E-state index >= 15 is 0 Å². The van der Waals surface area contributed by atoms with Gasteiger partial charge in [-0.05, 0) is 84.0 Å². The molecule has 1 atom stereocenters. The first kappa shape index (κ1) is 15.3. The molecule has 1 heterocycles. The zero-order chi connectivity index (χ0) is 14.7. The summed E-state index contributed by atoms with van der Waals surface area (Å²) in [5, 5.41) is 3.74. The lowest BCUT2D eigenvalue weighted by Crippen LogP contribution is -2.15. The normalized spacial score (nSPS) is 17.5. The number of hydrogen-bond acceptors (Lipinski definition) is 2. The highest BCUT2D eigenvalue weighted by Gasteiger charge is 2.22. The van der Waals surface area contributed by atoms with Crippen LogP contribution >= 0.6 is 33.9 Å². The molecule has 1 unspecified atom stereocenters. The second kappa shape index (κ2) is 7.14. The number of aryl methyl sites for hydroxylation is 2. The van der Waals surface area contributed by atoms with Crippen LogP contribution in [0.4, 0.5) is 5.69 Å². The predicted molar refractivity (Wildman–Crippen MR) is 101 cm³/mol. The molecule has 0 radical (unpaired) electrons. The third-order valence-corrected chi connectivity index (χ3v) is 6.17. The van der Waals surface area contributed by atoms with Gasteiger partial charge in [0.05, 0.1) is 8.93 Å². The molecule has 1 aliphatic carbocycles. The van der Waals surface area contributed by atoms with Crippen LogP contribution in [0.2, 0.25) is 0 Å². The van der Waals surface area contributed by atoms with Gasteiger partial charge >= 0.3 is 0 Å². The van der Waals surface area contributed by atoms with E-state index < -0.39 is 0 Å². The van der Waals surface area contributed by atoms with Gasteiger partial charge in [-0.3, -0.25) is 0 Å². The minimum absolute atomic E-state index is 0.495. The highest BCUT2D eigenvalue weighted by Crippen LogP contribution is 2.38. The average molecular weight is 411 g/mol. The number of fused-ring (bicyclic) bond motifs is 1. The van der Waals surface area contributed by atoms with Crippen molar-refractivity contribution >= 4 is 39.6 Å². The van der Waals surface area contributed by atoms with Gasteiger partial charge < -0.3 is 5.32 Å². The molecule has 1 nitrogen and oxygen atoms in total. The molecular weight excluding hydrogens is 389 g/mol. The number of benzene rings is 1. The summed E-state index contributed by atoms with van der Waals surface area (Å²) < 4.78 is 1.42. The van der Waals surface area contributed by atoms with Crippen molar-refractivity contribution in [1.82, 2.24) is 0 Å². The fraction of sp³-hybridized carbons (Fsp3) is 0.444. The Morgan fingerprint density at radius 3 is 2.86 bits per heavy atom. The maximum atomic E-state index is 3.74. The molecule has 0 amide bonds. The van der Waals surface area contributed by atoms with Crippen LogP contribution < -0.4 is 5.32 Å². The monoisotopic (exact) mass is 411 g/mol. The van der Waals surface area contributed by atoms with Gasteiger partial charge in [0.1, 0.15) is 0 Å². The Hall–Kier alpha value is -0.550. The van der Waals surface area contributed by atoms with Crippen LogP contribution in [0.25, 0.3) is 0 Å². The average Bonchev–Trinajstić information content (AvgIpc) is 2.88. The first-order valence-electron chi connectivity index (χ1n) is 7.90. The number of nitrogens with one attached hydrogen (secondary N) is 1. The lowest BCUT2D eigenvalue weighted by molar-refractivity contribution is 0.609. The van der Waals surface area contributed by atoms with Gasteiger partial charge in [-0.2, -0.15) is 0 Å². The third kappa shape index (κ3) is 3.81. The molecule has 1 aliphatic rings. The van der Waals surface area contributed by atoms with Gasteiger partial charge in [-0.1, -0.05) is 25.5 Å². The topological polar surface area (TPSA) is 12.0 Å². The van der Waals surface area contributed by atoms with Crippen molar-refractivity contribution in [3.63, 3.8) is 0 Å². The molecule has 112 valence electrons. The Morgan fingerprint density at radius 1 is 1.29 bits per heavy atom. The number of unbranched alkanes of at least 4 members (excludes halogenated alkanes) is 1. The molecule has 3 rings (SSSR count). The fourth-order valence-corrected chi connectivity index (χ4v) is 5.14. The van der Waals surface area contributed by atoms with Gasteiger partial charge in [0, 0.05) is 10.6 Å². The molecule has 0 spiro atoms. The molecule has 0 bridgehead atoms. The molecule has 0 saturated carbocycles. The number of halogens is 1. The Labute approximate surface area is 145 Å². The Bertz CT molecular complexity index is 588. The van der Waals surface area contributed by atoms with Gasteiger partial charge in [-0.25, -0.2) is 0 Å². The zero-order valence-electron chi connectivity index (χ0n) is 12.5. The van der Waals surface area contributed by atoms with E-state index in [0.717, 1.165) is 0 Å². The van der Waals surface area contributed by atoms with Crippen LogP contribution in [0.3, 0.4) is 0 Å². The van der Waals surface area contributed by atoms with Crippen LogP contribution in [-0.4, -0.2) is 0 Å². The second-order valence-electron chi connectivity index (χ2n) is 5.82. The zero-order valence-corrected chi connectivity index (χ0v) is 15.5. The largest absolute Gasteiger partial charge is 0.378 e. The molecule has 0 aliphatic heterocycles. The lowest BCUT2D eigenvalue weighted by atomic mass is 9.94. The van der Waals surface area contributed by atoms with Gasteiger partial charge in [0.15, 0.2) is 0 Å². The van der Waals surface area contributed by atoms with Crippen molar-refractivity contribution in [1.29, 1.82) is 0 Å². The minimum Gasteiger partial charge on any atom is -0.378 e. The van der Waals surface area contributed by atoms with Crippen molar-refractivity contribution in [2.75, 3.05) is 5.32 Å². The van der Waals surface area contributed by atoms with Crippen molar-refractivity contribution in [2.24, 2.45) is 0 Å². The molecule has 1 aromatic heterocycles. The lowest BCUT2D eigenvalue weighted by Gasteiger charge is -2.24. The highest BCUT2D eigenvalue weighted by atomic mass is 127. The van der Waals surface area contributed by atoms with Crippen LogP contribution in [0.1, 0.15) is 54.7 Å². The van der Waals surface area contributed by atoms with E-state index in [0.29, 0.717) is 6.04 Å². The molecule has 1 aromatic carbocycles. The molecule has 21 heavy (non-hydrogen) atoms. The predicted octanol–water partition coefficient (Wildman–Crippen LogP) is 6.18. The standard InChI is InChI=1S/C18H22INS/c1-2-3-5-13-8-10-14(11-9-13)20-16-6-4-7-17-15(16)12-18(19)21-17/h8-12,16,20H,2-7H2,1H3. The summed E-state index contributed by atoms with van der Waals surface area (Å²) in [6.07, 6.45) is 7.56.